The van der Waals surface area contributed by atoms with Gasteiger partial charge >= 0.3 is 0 Å². The van der Waals surface area contributed by atoms with E-state index in [-0.39, 0.29) is 5.92 Å². The summed E-state index contributed by atoms with van der Waals surface area (Å²) in [6, 6.07) is 8.11. The van der Waals surface area contributed by atoms with Gasteiger partial charge < -0.3 is 9.88 Å². The predicted octanol–water partition coefficient (Wildman–Crippen LogP) is 2.65. The van der Waals surface area contributed by atoms with Crippen LogP contribution in [0, 0.1) is 5.92 Å². The number of hydrogen-bond donors (Lipinski definition) is 1. The van der Waals surface area contributed by atoms with Crippen molar-refractivity contribution in [2.24, 2.45) is 10.9 Å². The number of para-hydroxylation sites is 1. The van der Waals surface area contributed by atoms with Gasteiger partial charge in [-0.05, 0) is 25.8 Å². The van der Waals surface area contributed by atoms with Gasteiger partial charge in [0, 0.05) is 41.2 Å². The monoisotopic (exact) mass is 281 g/mol. The fourth-order valence-electron chi connectivity index (χ4n) is 3.58. The highest BCUT2D eigenvalue weighted by atomic mass is 16.1. The summed E-state index contributed by atoms with van der Waals surface area (Å²) in [7, 11) is 0. The predicted molar refractivity (Wildman–Crippen MR) is 84.0 cm³/mol. The molecule has 2 aromatic rings. The van der Waals surface area contributed by atoms with E-state index in [0.29, 0.717) is 5.78 Å². The molecule has 1 aliphatic carbocycles. The first kappa shape index (κ1) is 12.6. The van der Waals surface area contributed by atoms with Gasteiger partial charge in [-0.2, -0.15) is 0 Å². The molecule has 1 atom stereocenters. The van der Waals surface area contributed by atoms with Crippen molar-refractivity contribution < 1.29 is 4.79 Å². The van der Waals surface area contributed by atoms with Crippen molar-refractivity contribution in [1.29, 1.82) is 0 Å². The van der Waals surface area contributed by atoms with Crippen molar-refractivity contribution in [2.75, 3.05) is 19.6 Å². The van der Waals surface area contributed by atoms with E-state index in [2.05, 4.69) is 14.9 Å². The fourth-order valence-corrected chi connectivity index (χ4v) is 3.58. The second-order valence-electron chi connectivity index (χ2n) is 6.00. The lowest BCUT2D eigenvalue weighted by Crippen LogP contribution is -2.36. The molecule has 4 rings (SSSR count). The van der Waals surface area contributed by atoms with E-state index >= 15 is 0 Å². The molecule has 1 N–H and O–H groups in total. The van der Waals surface area contributed by atoms with Gasteiger partial charge in [-0.25, -0.2) is 0 Å². The molecule has 4 nitrogen and oxygen atoms in total. The maximum absolute atomic E-state index is 12.9. The van der Waals surface area contributed by atoms with Crippen LogP contribution >= 0.6 is 0 Å². The minimum Gasteiger partial charge on any atom is -0.358 e. The molecule has 108 valence electrons. The quantitative estimate of drug-likeness (QED) is 0.920. The van der Waals surface area contributed by atoms with Crippen LogP contribution in [-0.2, 0) is 6.42 Å². The largest absolute Gasteiger partial charge is 0.358 e. The zero-order valence-corrected chi connectivity index (χ0v) is 12.2. The Hall–Kier alpha value is -2.10. The lowest BCUT2D eigenvalue weighted by Gasteiger charge is -2.27. The number of ketones is 1. The van der Waals surface area contributed by atoms with Crippen LogP contribution in [0.25, 0.3) is 10.9 Å². The summed E-state index contributed by atoms with van der Waals surface area (Å²) in [4.78, 5) is 23.0. The number of carbonyl (C=O) groups is 1. The van der Waals surface area contributed by atoms with Crippen LogP contribution in [0.5, 0.6) is 0 Å². The highest BCUT2D eigenvalue weighted by molar-refractivity contribution is 6.11. The van der Waals surface area contributed by atoms with Crippen LogP contribution in [0.15, 0.2) is 29.3 Å². The van der Waals surface area contributed by atoms with Gasteiger partial charge in [0.25, 0.3) is 0 Å². The molecule has 0 saturated heterocycles. The maximum Gasteiger partial charge on any atom is 0.170 e. The van der Waals surface area contributed by atoms with E-state index in [1.807, 2.05) is 31.2 Å². The molecule has 1 aliphatic heterocycles. The van der Waals surface area contributed by atoms with Crippen molar-refractivity contribution in [2.45, 2.75) is 19.8 Å². The van der Waals surface area contributed by atoms with Gasteiger partial charge in [-0.3, -0.25) is 9.79 Å². The van der Waals surface area contributed by atoms with Gasteiger partial charge in [0.2, 0.25) is 0 Å². The molecule has 0 spiro atoms. The number of benzene rings is 1. The number of Topliss-reactive ketones (excluding diaryl/α,β-unsaturated/α-hetero) is 1. The first-order chi connectivity index (χ1) is 10.2. The molecule has 21 heavy (non-hydrogen) atoms. The van der Waals surface area contributed by atoms with E-state index in [9.17, 15) is 4.79 Å². The van der Waals surface area contributed by atoms with Crippen LogP contribution in [-0.4, -0.2) is 41.1 Å². The zero-order chi connectivity index (χ0) is 14.4. The summed E-state index contributed by atoms with van der Waals surface area (Å²) in [6.07, 6.45) is 1.90. The SMILES string of the molecule is CC1=NCCN1CC1CCc2[nH]c3ccccc3c2C1=O. The van der Waals surface area contributed by atoms with Gasteiger partial charge in [0.1, 0.15) is 0 Å². The minimum absolute atomic E-state index is 0.0972. The summed E-state index contributed by atoms with van der Waals surface area (Å²) in [6.45, 7) is 4.67. The van der Waals surface area contributed by atoms with Crippen LogP contribution in [0.4, 0.5) is 0 Å². The number of fused-ring (bicyclic) bond motifs is 3. The zero-order valence-electron chi connectivity index (χ0n) is 12.2. The smallest absolute Gasteiger partial charge is 0.170 e. The highest BCUT2D eigenvalue weighted by Gasteiger charge is 2.32. The fraction of sp³-hybridized carbons (Fsp3) is 0.412. The number of aryl methyl sites for hydroxylation is 1. The first-order valence-electron chi connectivity index (χ1n) is 7.64. The van der Waals surface area contributed by atoms with E-state index in [4.69, 9.17) is 0 Å². The van der Waals surface area contributed by atoms with E-state index in [0.717, 1.165) is 60.5 Å². The van der Waals surface area contributed by atoms with Crippen LogP contribution in [0.2, 0.25) is 0 Å². The average molecular weight is 281 g/mol. The normalized spacial score (nSPS) is 21.8. The number of aromatic amines is 1. The van der Waals surface area contributed by atoms with E-state index in [1.54, 1.807) is 0 Å². The second-order valence-corrected chi connectivity index (χ2v) is 6.00. The lowest BCUT2D eigenvalue weighted by atomic mass is 9.84. The summed E-state index contributed by atoms with van der Waals surface area (Å²) in [5.41, 5.74) is 3.12. The molecular formula is C17H19N3O. The van der Waals surface area contributed by atoms with Crippen molar-refractivity contribution in [1.82, 2.24) is 9.88 Å². The third-order valence-electron chi connectivity index (χ3n) is 4.75. The standard InChI is InChI=1S/C17H19N3O/c1-11-18-8-9-20(11)10-12-6-7-15-16(17(12)21)13-4-2-3-5-14(13)19-15/h2-5,12,19H,6-10H2,1H3. The number of nitrogens with one attached hydrogen (secondary N) is 1. The van der Waals surface area contributed by atoms with Crippen molar-refractivity contribution in [3.8, 4) is 0 Å². The van der Waals surface area contributed by atoms with Crippen molar-refractivity contribution in [3.05, 3.63) is 35.5 Å². The summed E-state index contributed by atoms with van der Waals surface area (Å²) in [5, 5.41) is 1.08. The number of rotatable bonds is 2. The summed E-state index contributed by atoms with van der Waals surface area (Å²) >= 11 is 0. The molecule has 0 fully saturated rings. The van der Waals surface area contributed by atoms with E-state index < -0.39 is 0 Å². The molecule has 1 aromatic carbocycles. The summed E-state index contributed by atoms with van der Waals surface area (Å²) < 4.78 is 0. The Morgan fingerprint density at radius 1 is 1.38 bits per heavy atom. The average Bonchev–Trinajstić information content (AvgIpc) is 3.06. The molecule has 1 unspecified atom stereocenters. The molecule has 0 saturated carbocycles. The number of H-pyrrole nitrogens is 1. The van der Waals surface area contributed by atoms with Crippen molar-refractivity contribution in [3.63, 3.8) is 0 Å². The summed E-state index contributed by atoms with van der Waals surface area (Å²) in [5.74, 6) is 1.47. The number of hydrogen-bond acceptors (Lipinski definition) is 3. The van der Waals surface area contributed by atoms with E-state index in [1.165, 1.54) is 0 Å². The lowest BCUT2D eigenvalue weighted by molar-refractivity contribution is 0.0886. The Labute approximate surface area is 123 Å². The molecular weight excluding hydrogens is 262 g/mol. The Balaban J connectivity index is 1.66. The Morgan fingerprint density at radius 2 is 2.24 bits per heavy atom. The third kappa shape index (κ3) is 1.97. The molecule has 2 heterocycles. The number of amidine groups is 1. The van der Waals surface area contributed by atoms with Crippen LogP contribution < -0.4 is 0 Å². The minimum atomic E-state index is 0.0972. The maximum atomic E-state index is 12.9. The Morgan fingerprint density at radius 3 is 3.05 bits per heavy atom. The molecule has 0 radical (unpaired) electrons. The van der Waals surface area contributed by atoms with Gasteiger partial charge in [-0.1, -0.05) is 18.2 Å². The van der Waals surface area contributed by atoms with Crippen LogP contribution in [0.3, 0.4) is 0 Å². The van der Waals surface area contributed by atoms with Gasteiger partial charge in [0.05, 0.1) is 12.4 Å². The highest BCUT2D eigenvalue weighted by Crippen LogP contribution is 2.32. The molecule has 0 bridgehead atoms. The second kappa shape index (κ2) is 4.72. The Bertz CT molecular complexity index is 744. The van der Waals surface area contributed by atoms with Crippen molar-refractivity contribution >= 4 is 22.5 Å². The topological polar surface area (TPSA) is 48.5 Å². The number of aliphatic imine (C=N–C) groups is 1. The van der Waals surface area contributed by atoms with Gasteiger partial charge in [-0.15, -0.1) is 0 Å². The number of aromatic nitrogens is 1. The molecule has 4 heteroatoms. The van der Waals surface area contributed by atoms with Gasteiger partial charge in [0.15, 0.2) is 5.78 Å². The first-order valence-corrected chi connectivity index (χ1v) is 7.64. The Kier molecular flexibility index (Phi) is 2.84. The number of nitrogens with zero attached hydrogens (tertiary/aromatic N) is 2. The molecule has 1 aromatic heterocycles. The number of carbonyl (C=O) groups excluding carboxylic acids is 1. The third-order valence-corrected chi connectivity index (χ3v) is 4.75. The molecule has 2 aliphatic rings. The molecule has 0 amide bonds. The van der Waals surface area contributed by atoms with Crippen LogP contribution in [0.1, 0.15) is 29.4 Å².